The van der Waals surface area contributed by atoms with Crippen LogP contribution in [0.25, 0.3) is 0 Å². The summed E-state index contributed by atoms with van der Waals surface area (Å²) in [6.45, 7) is 1.50. The lowest BCUT2D eigenvalue weighted by atomic mass is 10.1. The van der Waals surface area contributed by atoms with E-state index in [9.17, 15) is 0 Å². The van der Waals surface area contributed by atoms with Crippen molar-refractivity contribution in [1.82, 2.24) is 20.0 Å². The van der Waals surface area contributed by atoms with Gasteiger partial charge in [0.15, 0.2) is 0 Å². The van der Waals surface area contributed by atoms with Gasteiger partial charge in [-0.1, -0.05) is 18.2 Å². The molecule has 2 N–H and O–H groups in total. The van der Waals surface area contributed by atoms with E-state index in [0.717, 1.165) is 24.5 Å². The van der Waals surface area contributed by atoms with Crippen LogP contribution in [-0.4, -0.2) is 20.0 Å². The summed E-state index contributed by atoms with van der Waals surface area (Å²) in [5.41, 5.74) is 3.40. The molecule has 0 saturated heterocycles. The second-order valence-electron chi connectivity index (χ2n) is 4.30. The molecule has 3 aromatic rings. The Bertz CT molecular complexity index is 613. The van der Waals surface area contributed by atoms with Crippen molar-refractivity contribution in [2.45, 2.75) is 13.1 Å². The molecule has 0 bridgehead atoms. The number of aromatic nitrogens is 4. The number of para-hydroxylation sites is 1. The van der Waals surface area contributed by atoms with Gasteiger partial charge in [0, 0.05) is 24.3 Å². The number of benzene rings is 1. The van der Waals surface area contributed by atoms with Crippen LogP contribution in [0.4, 0.5) is 5.69 Å². The predicted molar refractivity (Wildman–Crippen MR) is 73.7 cm³/mol. The SMILES string of the molecule is c1ccc(NCc2ccn[nH]2)c(Cn2cccn2)c1. The molecular formula is C14H15N5. The molecule has 0 aliphatic rings. The molecule has 0 amide bonds. The fraction of sp³-hybridized carbons (Fsp3) is 0.143. The first kappa shape index (κ1) is 11.5. The molecule has 2 aromatic heterocycles. The topological polar surface area (TPSA) is 58.5 Å². The summed E-state index contributed by atoms with van der Waals surface area (Å²) in [7, 11) is 0. The zero-order valence-electron chi connectivity index (χ0n) is 10.5. The van der Waals surface area contributed by atoms with E-state index in [4.69, 9.17) is 0 Å². The monoisotopic (exact) mass is 253 g/mol. The van der Waals surface area contributed by atoms with E-state index < -0.39 is 0 Å². The summed E-state index contributed by atoms with van der Waals surface area (Å²) in [6.07, 6.45) is 5.51. The first-order valence-electron chi connectivity index (χ1n) is 6.19. The quantitative estimate of drug-likeness (QED) is 0.733. The first-order valence-corrected chi connectivity index (χ1v) is 6.19. The molecule has 0 fully saturated rings. The Morgan fingerprint density at radius 3 is 2.84 bits per heavy atom. The number of nitrogens with zero attached hydrogens (tertiary/aromatic N) is 3. The van der Waals surface area contributed by atoms with Gasteiger partial charge < -0.3 is 5.32 Å². The van der Waals surface area contributed by atoms with Gasteiger partial charge in [0.05, 0.1) is 18.8 Å². The maximum atomic E-state index is 4.24. The highest BCUT2D eigenvalue weighted by Crippen LogP contribution is 2.16. The van der Waals surface area contributed by atoms with E-state index in [1.54, 1.807) is 12.4 Å². The second kappa shape index (κ2) is 5.39. The number of H-pyrrole nitrogens is 1. The van der Waals surface area contributed by atoms with Crippen LogP contribution in [0.15, 0.2) is 55.0 Å². The highest BCUT2D eigenvalue weighted by molar-refractivity contribution is 5.51. The number of anilines is 1. The third-order valence-corrected chi connectivity index (χ3v) is 2.94. The van der Waals surface area contributed by atoms with Gasteiger partial charge >= 0.3 is 0 Å². The van der Waals surface area contributed by atoms with E-state index >= 15 is 0 Å². The largest absolute Gasteiger partial charge is 0.379 e. The third kappa shape index (κ3) is 2.82. The van der Waals surface area contributed by atoms with E-state index in [0.29, 0.717) is 0 Å². The van der Waals surface area contributed by atoms with Crippen molar-refractivity contribution in [1.29, 1.82) is 0 Å². The zero-order chi connectivity index (χ0) is 12.9. The Balaban J connectivity index is 1.73. The average Bonchev–Trinajstić information content (AvgIpc) is 3.10. The van der Waals surface area contributed by atoms with Gasteiger partial charge in [-0.25, -0.2) is 0 Å². The number of aromatic amines is 1. The molecule has 0 saturated carbocycles. The Morgan fingerprint density at radius 2 is 2.05 bits per heavy atom. The summed E-state index contributed by atoms with van der Waals surface area (Å²) < 4.78 is 1.91. The number of rotatable bonds is 5. The van der Waals surface area contributed by atoms with Gasteiger partial charge in [0.1, 0.15) is 0 Å². The van der Waals surface area contributed by atoms with E-state index in [1.807, 2.05) is 35.1 Å². The van der Waals surface area contributed by atoms with Crippen LogP contribution >= 0.6 is 0 Å². The lowest BCUT2D eigenvalue weighted by Gasteiger charge is -2.11. The van der Waals surface area contributed by atoms with Crippen LogP contribution in [0, 0.1) is 0 Å². The minimum Gasteiger partial charge on any atom is -0.379 e. The number of hydrogen-bond donors (Lipinski definition) is 2. The maximum Gasteiger partial charge on any atom is 0.0679 e. The van der Waals surface area contributed by atoms with Crippen molar-refractivity contribution in [3.8, 4) is 0 Å². The second-order valence-corrected chi connectivity index (χ2v) is 4.30. The van der Waals surface area contributed by atoms with Crippen LogP contribution in [-0.2, 0) is 13.1 Å². The molecule has 0 unspecified atom stereocenters. The fourth-order valence-corrected chi connectivity index (χ4v) is 1.97. The molecule has 0 radical (unpaired) electrons. The fourth-order valence-electron chi connectivity index (χ4n) is 1.97. The first-order chi connectivity index (χ1) is 9.42. The molecule has 0 aliphatic carbocycles. The highest BCUT2D eigenvalue weighted by Gasteiger charge is 2.03. The molecule has 2 heterocycles. The molecule has 0 spiro atoms. The smallest absolute Gasteiger partial charge is 0.0679 e. The maximum absolute atomic E-state index is 4.24. The predicted octanol–water partition coefficient (Wildman–Crippen LogP) is 2.27. The summed E-state index contributed by atoms with van der Waals surface area (Å²) in [5, 5.41) is 14.5. The van der Waals surface area contributed by atoms with Crippen molar-refractivity contribution in [3.05, 3.63) is 66.2 Å². The summed E-state index contributed by atoms with van der Waals surface area (Å²) in [5.74, 6) is 0. The minimum absolute atomic E-state index is 0.732. The van der Waals surface area contributed by atoms with Gasteiger partial charge in [-0.05, 0) is 23.8 Å². The molecule has 3 rings (SSSR count). The van der Waals surface area contributed by atoms with Crippen molar-refractivity contribution in [2.75, 3.05) is 5.32 Å². The van der Waals surface area contributed by atoms with Crippen molar-refractivity contribution in [2.24, 2.45) is 0 Å². The molecular weight excluding hydrogens is 238 g/mol. The van der Waals surface area contributed by atoms with E-state index in [2.05, 4.69) is 32.7 Å². The van der Waals surface area contributed by atoms with Crippen molar-refractivity contribution >= 4 is 5.69 Å². The third-order valence-electron chi connectivity index (χ3n) is 2.94. The van der Waals surface area contributed by atoms with Gasteiger partial charge in [0.2, 0.25) is 0 Å². The molecule has 0 aliphatic heterocycles. The van der Waals surface area contributed by atoms with Gasteiger partial charge in [-0.3, -0.25) is 9.78 Å². The number of hydrogen-bond acceptors (Lipinski definition) is 3. The van der Waals surface area contributed by atoms with Gasteiger partial charge in [-0.15, -0.1) is 0 Å². The van der Waals surface area contributed by atoms with Crippen LogP contribution < -0.4 is 5.32 Å². The summed E-state index contributed by atoms with van der Waals surface area (Å²) >= 11 is 0. The lowest BCUT2D eigenvalue weighted by molar-refractivity contribution is 0.687. The Labute approximate surface area is 111 Å². The Hall–Kier alpha value is -2.56. The molecule has 1 aromatic carbocycles. The average molecular weight is 253 g/mol. The van der Waals surface area contributed by atoms with Crippen molar-refractivity contribution in [3.63, 3.8) is 0 Å². The molecule has 0 atom stereocenters. The Kier molecular flexibility index (Phi) is 3.27. The Morgan fingerprint density at radius 1 is 1.11 bits per heavy atom. The minimum atomic E-state index is 0.732. The highest BCUT2D eigenvalue weighted by atomic mass is 15.3. The molecule has 96 valence electrons. The standard InChI is InChI=1S/C14H15N5/c1-2-5-14(15-10-13-6-8-16-18-13)12(4-1)11-19-9-3-7-17-19/h1-9,15H,10-11H2,(H,16,18). The lowest BCUT2D eigenvalue weighted by Crippen LogP contribution is -2.06. The molecule has 5 heteroatoms. The number of nitrogens with one attached hydrogen (secondary N) is 2. The van der Waals surface area contributed by atoms with Gasteiger partial charge in [-0.2, -0.15) is 10.2 Å². The van der Waals surface area contributed by atoms with Crippen LogP contribution in [0.1, 0.15) is 11.3 Å². The van der Waals surface area contributed by atoms with Gasteiger partial charge in [0.25, 0.3) is 0 Å². The van der Waals surface area contributed by atoms with Crippen molar-refractivity contribution < 1.29 is 0 Å². The summed E-state index contributed by atoms with van der Waals surface area (Å²) in [4.78, 5) is 0. The zero-order valence-corrected chi connectivity index (χ0v) is 10.5. The van der Waals surface area contributed by atoms with Crippen LogP contribution in [0.5, 0.6) is 0 Å². The molecule has 19 heavy (non-hydrogen) atoms. The normalized spacial score (nSPS) is 10.5. The van der Waals surface area contributed by atoms with E-state index in [-0.39, 0.29) is 0 Å². The summed E-state index contributed by atoms with van der Waals surface area (Å²) in [6, 6.07) is 12.2. The van der Waals surface area contributed by atoms with Crippen LogP contribution in [0.2, 0.25) is 0 Å². The molecule has 5 nitrogen and oxygen atoms in total. The van der Waals surface area contributed by atoms with E-state index in [1.165, 1.54) is 5.56 Å². The van der Waals surface area contributed by atoms with Crippen LogP contribution in [0.3, 0.4) is 0 Å².